The molecule has 3 amide bonds. The Labute approximate surface area is 171 Å². The van der Waals surface area contributed by atoms with Crippen LogP contribution in [0.3, 0.4) is 0 Å². The van der Waals surface area contributed by atoms with Crippen LogP contribution in [0.5, 0.6) is 5.75 Å². The van der Waals surface area contributed by atoms with E-state index in [2.05, 4.69) is 5.32 Å². The third-order valence-corrected chi connectivity index (χ3v) is 6.50. The predicted molar refractivity (Wildman–Crippen MR) is 108 cm³/mol. The van der Waals surface area contributed by atoms with Crippen LogP contribution < -0.4 is 10.1 Å². The molecule has 0 unspecified atom stereocenters. The fourth-order valence-electron chi connectivity index (χ4n) is 4.82. The molecule has 2 aliphatic heterocycles. The van der Waals surface area contributed by atoms with E-state index in [1.54, 1.807) is 41.2 Å². The Morgan fingerprint density at radius 1 is 1.10 bits per heavy atom. The summed E-state index contributed by atoms with van der Waals surface area (Å²) in [6, 6.07) is 5.93. The molecular formula is C22H29N3O4. The minimum Gasteiger partial charge on any atom is -0.497 e. The number of ether oxygens (including phenoxy) is 1. The number of carbonyl (C=O) groups is 3. The molecule has 2 saturated heterocycles. The summed E-state index contributed by atoms with van der Waals surface area (Å²) in [5, 5.41) is 2.94. The Kier molecular flexibility index (Phi) is 5.74. The highest BCUT2D eigenvalue weighted by Crippen LogP contribution is 2.29. The molecule has 2 atom stereocenters. The third kappa shape index (κ3) is 4.09. The lowest BCUT2D eigenvalue weighted by molar-refractivity contribution is -0.152. The van der Waals surface area contributed by atoms with Gasteiger partial charge in [-0.25, -0.2) is 0 Å². The minimum atomic E-state index is -0.596. The maximum atomic E-state index is 13.0. The van der Waals surface area contributed by atoms with Crippen molar-refractivity contribution in [3.8, 4) is 5.75 Å². The fourth-order valence-corrected chi connectivity index (χ4v) is 4.82. The molecule has 0 aromatic heterocycles. The first-order valence-corrected chi connectivity index (χ1v) is 10.6. The second kappa shape index (κ2) is 8.43. The maximum absolute atomic E-state index is 13.0. The molecule has 3 fully saturated rings. The van der Waals surface area contributed by atoms with Gasteiger partial charge >= 0.3 is 0 Å². The SMILES string of the molecule is COc1ccc(C(=O)N2CCN3C(=O)[C@H](CC4CCCCC4)NC(=O)[C@@H]3C2)cc1. The van der Waals surface area contributed by atoms with E-state index in [1.165, 1.54) is 19.3 Å². The van der Waals surface area contributed by atoms with Gasteiger partial charge in [-0.05, 0) is 36.6 Å². The van der Waals surface area contributed by atoms with Crippen molar-refractivity contribution in [2.24, 2.45) is 5.92 Å². The van der Waals surface area contributed by atoms with Crippen molar-refractivity contribution in [1.29, 1.82) is 0 Å². The number of nitrogens with one attached hydrogen (secondary N) is 1. The van der Waals surface area contributed by atoms with E-state index in [1.807, 2.05) is 0 Å². The van der Waals surface area contributed by atoms with Crippen LogP contribution in [0.2, 0.25) is 0 Å². The standard InChI is InChI=1S/C22H29N3O4/c1-29-17-9-7-16(8-10-17)21(27)24-11-12-25-19(14-24)20(26)23-18(22(25)28)13-15-5-3-2-4-6-15/h7-10,15,18-19H,2-6,11-14H2,1H3,(H,23,26)/t18-,19-/m0/s1. The molecule has 0 radical (unpaired) electrons. The van der Waals surface area contributed by atoms with Gasteiger partial charge in [0.05, 0.1) is 13.7 Å². The highest BCUT2D eigenvalue weighted by Gasteiger charge is 2.44. The van der Waals surface area contributed by atoms with Gasteiger partial charge in [-0.3, -0.25) is 14.4 Å². The monoisotopic (exact) mass is 399 g/mol. The van der Waals surface area contributed by atoms with Crippen LogP contribution in [0, 0.1) is 5.92 Å². The number of benzene rings is 1. The highest BCUT2D eigenvalue weighted by atomic mass is 16.5. The van der Waals surface area contributed by atoms with Gasteiger partial charge in [0.2, 0.25) is 11.8 Å². The van der Waals surface area contributed by atoms with Crippen molar-refractivity contribution in [2.75, 3.05) is 26.7 Å². The lowest BCUT2D eigenvalue weighted by atomic mass is 9.84. The Morgan fingerprint density at radius 2 is 1.83 bits per heavy atom. The van der Waals surface area contributed by atoms with Crippen molar-refractivity contribution in [1.82, 2.24) is 15.1 Å². The van der Waals surface area contributed by atoms with E-state index in [-0.39, 0.29) is 24.3 Å². The van der Waals surface area contributed by atoms with Crippen molar-refractivity contribution < 1.29 is 19.1 Å². The number of amides is 3. The van der Waals surface area contributed by atoms with Gasteiger partial charge in [0.25, 0.3) is 5.91 Å². The van der Waals surface area contributed by atoms with Gasteiger partial charge in [0.1, 0.15) is 17.8 Å². The van der Waals surface area contributed by atoms with Gasteiger partial charge in [-0.1, -0.05) is 32.1 Å². The Balaban J connectivity index is 1.40. The Hall–Kier alpha value is -2.57. The van der Waals surface area contributed by atoms with Crippen molar-refractivity contribution >= 4 is 17.7 Å². The second-order valence-electron chi connectivity index (χ2n) is 8.33. The molecule has 4 rings (SSSR count). The minimum absolute atomic E-state index is 0.0109. The van der Waals surface area contributed by atoms with E-state index in [9.17, 15) is 14.4 Å². The number of piperazine rings is 2. The smallest absolute Gasteiger partial charge is 0.254 e. The number of nitrogens with zero attached hydrogens (tertiary/aromatic N) is 2. The molecule has 1 N–H and O–H groups in total. The number of hydrogen-bond acceptors (Lipinski definition) is 4. The maximum Gasteiger partial charge on any atom is 0.254 e. The zero-order valence-corrected chi connectivity index (χ0v) is 16.9. The molecule has 1 aromatic carbocycles. The summed E-state index contributed by atoms with van der Waals surface area (Å²) in [6.45, 7) is 1.08. The van der Waals surface area contributed by atoms with Crippen molar-refractivity contribution in [3.63, 3.8) is 0 Å². The summed E-state index contributed by atoms with van der Waals surface area (Å²) < 4.78 is 5.13. The van der Waals surface area contributed by atoms with Crippen LogP contribution in [-0.4, -0.2) is 66.3 Å². The third-order valence-electron chi connectivity index (χ3n) is 6.50. The molecule has 1 saturated carbocycles. The highest BCUT2D eigenvalue weighted by molar-refractivity contribution is 5.99. The molecule has 0 bridgehead atoms. The van der Waals surface area contributed by atoms with Crippen molar-refractivity contribution in [2.45, 2.75) is 50.6 Å². The number of fused-ring (bicyclic) bond motifs is 1. The van der Waals surface area contributed by atoms with Crippen LogP contribution in [0.1, 0.15) is 48.9 Å². The average molecular weight is 399 g/mol. The van der Waals surface area contributed by atoms with Crippen LogP contribution in [0.25, 0.3) is 0 Å². The Morgan fingerprint density at radius 3 is 2.52 bits per heavy atom. The van der Waals surface area contributed by atoms with E-state index >= 15 is 0 Å². The molecule has 0 spiro atoms. The topological polar surface area (TPSA) is 79.0 Å². The molecule has 7 heteroatoms. The number of hydrogen-bond donors (Lipinski definition) is 1. The van der Waals surface area contributed by atoms with Gasteiger partial charge in [-0.2, -0.15) is 0 Å². The first-order chi connectivity index (χ1) is 14.1. The molecule has 3 aliphatic rings. The van der Waals surface area contributed by atoms with Gasteiger partial charge in [0.15, 0.2) is 0 Å². The van der Waals surface area contributed by atoms with Crippen LogP contribution in [-0.2, 0) is 9.59 Å². The van der Waals surface area contributed by atoms with Crippen molar-refractivity contribution in [3.05, 3.63) is 29.8 Å². The van der Waals surface area contributed by atoms with Crippen LogP contribution in [0.4, 0.5) is 0 Å². The van der Waals surface area contributed by atoms with E-state index in [0.717, 1.165) is 19.3 Å². The summed E-state index contributed by atoms with van der Waals surface area (Å²) in [6.07, 6.45) is 6.74. The molecule has 1 aromatic rings. The fraction of sp³-hybridized carbons (Fsp3) is 0.591. The molecule has 29 heavy (non-hydrogen) atoms. The van der Waals surface area contributed by atoms with Gasteiger partial charge < -0.3 is 19.9 Å². The summed E-state index contributed by atoms with van der Waals surface area (Å²) in [5.41, 5.74) is 0.553. The summed E-state index contributed by atoms with van der Waals surface area (Å²) in [5.74, 6) is 0.950. The zero-order chi connectivity index (χ0) is 20.4. The molecule has 156 valence electrons. The van der Waals surface area contributed by atoms with E-state index in [0.29, 0.717) is 30.3 Å². The largest absolute Gasteiger partial charge is 0.497 e. The molecule has 2 heterocycles. The number of rotatable bonds is 4. The molecule has 1 aliphatic carbocycles. The first-order valence-electron chi connectivity index (χ1n) is 10.6. The van der Waals surface area contributed by atoms with E-state index in [4.69, 9.17) is 4.74 Å². The number of methoxy groups -OCH3 is 1. The summed E-state index contributed by atoms with van der Waals surface area (Å²) in [7, 11) is 1.58. The molecule has 7 nitrogen and oxygen atoms in total. The Bertz CT molecular complexity index is 773. The van der Waals surface area contributed by atoms with E-state index < -0.39 is 12.1 Å². The molecular weight excluding hydrogens is 370 g/mol. The first kappa shape index (κ1) is 19.7. The average Bonchev–Trinajstić information content (AvgIpc) is 2.77. The normalized spacial score (nSPS) is 25.4. The number of carbonyl (C=O) groups excluding carboxylic acids is 3. The van der Waals surface area contributed by atoms with Crippen LogP contribution in [0.15, 0.2) is 24.3 Å². The van der Waals surface area contributed by atoms with Gasteiger partial charge in [-0.15, -0.1) is 0 Å². The lowest BCUT2D eigenvalue weighted by Gasteiger charge is -2.45. The van der Waals surface area contributed by atoms with Crippen LogP contribution >= 0.6 is 0 Å². The summed E-state index contributed by atoms with van der Waals surface area (Å²) >= 11 is 0. The second-order valence-corrected chi connectivity index (χ2v) is 8.33. The van der Waals surface area contributed by atoms with Gasteiger partial charge in [0, 0.05) is 18.7 Å². The quantitative estimate of drug-likeness (QED) is 0.838. The lowest BCUT2D eigenvalue weighted by Crippen LogP contribution is -2.69. The predicted octanol–water partition coefficient (Wildman–Crippen LogP) is 1.82. The zero-order valence-electron chi connectivity index (χ0n) is 16.9. The summed E-state index contributed by atoms with van der Waals surface area (Å²) in [4.78, 5) is 41.9.